The SMILES string of the molecule is COC(=O)C(Cc1ccccc1)[C@@H]1CCCCN1C(=O)OC(C)(C)C. The van der Waals surface area contributed by atoms with E-state index >= 15 is 0 Å². The molecule has 1 aliphatic heterocycles. The Morgan fingerprint density at radius 3 is 2.48 bits per heavy atom. The minimum atomic E-state index is -0.556. The lowest BCUT2D eigenvalue weighted by molar-refractivity contribution is -0.148. The fourth-order valence-electron chi connectivity index (χ4n) is 3.32. The van der Waals surface area contributed by atoms with E-state index in [0.29, 0.717) is 13.0 Å². The van der Waals surface area contributed by atoms with Crippen LogP contribution in [-0.4, -0.2) is 42.3 Å². The molecule has 1 unspecified atom stereocenters. The highest BCUT2D eigenvalue weighted by Crippen LogP contribution is 2.28. The Morgan fingerprint density at radius 2 is 1.88 bits per heavy atom. The molecule has 0 saturated carbocycles. The quantitative estimate of drug-likeness (QED) is 0.777. The molecule has 1 aromatic rings. The van der Waals surface area contributed by atoms with Gasteiger partial charge in [0.15, 0.2) is 0 Å². The molecule has 0 spiro atoms. The first-order chi connectivity index (χ1) is 11.8. The van der Waals surface area contributed by atoms with E-state index < -0.39 is 5.60 Å². The number of piperidine rings is 1. The Hall–Kier alpha value is -2.04. The smallest absolute Gasteiger partial charge is 0.410 e. The predicted octanol–water partition coefficient (Wildman–Crippen LogP) is 3.81. The number of amides is 1. The summed E-state index contributed by atoms with van der Waals surface area (Å²) in [6, 6.07) is 9.65. The number of nitrogens with zero attached hydrogens (tertiary/aromatic N) is 1. The molecule has 1 amide bonds. The van der Waals surface area contributed by atoms with Gasteiger partial charge >= 0.3 is 12.1 Å². The molecule has 2 atom stereocenters. The highest BCUT2D eigenvalue weighted by Gasteiger charge is 2.39. The van der Waals surface area contributed by atoms with Gasteiger partial charge in [0.25, 0.3) is 0 Å². The first-order valence-electron chi connectivity index (χ1n) is 8.93. The third-order valence-electron chi connectivity index (χ3n) is 4.44. The van der Waals surface area contributed by atoms with Gasteiger partial charge < -0.3 is 14.4 Å². The topological polar surface area (TPSA) is 55.8 Å². The third-order valence-corrected chi connectivity index (χ3v) is 4.44. The summed E-state index contributed by atoms with van der Waals surface area (Å²) >= 11 is 0. The van der Waals surface area contributed by atoms with Gasteiger partial charge in [0.1, 0.15) is 5.60 Å². The average Bonchev–Trinajstić information content (AvgIpc) is 2.58. The molecule has 0 radical (unpaired) electrons. The highest BCUT2D eigenvalue weighted by atomic mass is 16.6. The maximum Gasteiger partial charge on any atom is 0.410 e. The summed E-state index contributed by atoms with van der Waals surface area (Å²) in [7, 11) is 1.40. The predicted molar refractivity (Wildman–Crippen MR) is 96.2 cm³/mol. The monoisotopic (exact) mass is 347 g/mol. The second-order valence-corrected chi connectivity index (χ2v) is 7.56. The minimum absolute atomic E-state index is 0.198. The van der Waals surface area contributed by atoms with Crippen molar-refractivity contribution < 1.29 is 19.1 Å². The van der Waals surface area contributed by atoms with E-state index in [0.717, 1.165) is 24.8 Å². The third kappa shape index (κ3) is 5.48. The largest absolute Gasteiger partial charge is 0.469 e. The van der Waals surface area contributed by atoms with Crippen LogP contribution >= 0.6 is 0 Å². The van der Waals surface area contributed by atoms with Crippen molar-refractivity contribution in [3.63, 3.8) is 0 Å². The van der Waals surface area contributed by atoms with Gasteiger partial charge in [-0.05, 0) is 52.0 Å². The summed E-state index contributed by atoms with van der Waals surface area (Å²) in [5, 5.41) is 0. The van der Waals surface area contributed by atoms with Crippen LogP contribution in [0.3, 0.4) is 0 Å². The van der Waals surface area contributed by atoms with Gasteiger partial charge in [0.05, 0.1) is 13.0 Å². The van der Waals surface area contributed by atoms with Crippen molar-refractivity contribution in [1.29, 1.82) is 0 Å². The van der Waals surface area contributed by atoms with Crippen molar-refractivity contribution in [2.45, 2.75) is 58.1 Å². The standard InChI is InChI=1S/C20H29NO4/c1-20(2,3)25-19(23)21-13-9-8-12-17(21)16(18(22)24-4)14-15-10-6-5-7-11-15/h5-7,10-11,16-17H,8-9,12-14H2,1-4H3/t16?,17-/m0/s1. The van der Waals surface area contributed by atoms with Crippen LogP contribution in [0.2, 0.25) is 0 Å². The summed E-state index contributed by atoms with van der Waals surface area (Å²) in [5.41, 5.74) is 0.506. The van der Waals surface area contributed by atoms with Crippen LogP contribution in [0.5, 0.6) is 0 Å². The summed E-state index contributed by atoms with van der Waals surface area (Å²) in [4.78, 5) is 26.8. The second kappa shape index (κ2) is 8.37. The fraction of sp³-hybridized carbons (Fsp3) is 0.600. The molecule has 1 fully saturated rings. The number of methoxy groups -OCH3 is 1. The van der Waals surface area contributed by atoms with Crippen LogP contribution < -0.4 is 0 Å². The van der Waals surface area contributed by atoms with Gasteiger partial charge in [0, 0.05) is 12.6 Å². The van der Waals surface area contributed by atoms with Crippen LogP contribution in [0, 0.1) is 5.92 Å². The van der Waals surface area contributed by atoms with Crippen molar-refractivity contribution >= 4 is 12.1 Å². The number of benzene rings is 1. The minimum Gasteiger partial charge on any atom is -0.469 e. The molecule has 0 bridgehead atoms. The van der Waals surface area contributed by atoms with Crippen LogP contribution in [0.4, 0.5) is 4.79 Å². The Morgan fingerprint density at radius 1 is 1.20 bits per heavy atom. The Labute approximate surface area is 150 Å². The lowest BCUT2D eigenvalue weighted by atomic mass is 9.86. The van der Waals surface area contributed by atoms with Crippen LogP contribution in [0.15, 0.2) is 30.3 Å². The molecule has 1 heterocycles. The maximum absolute atomic E-state index is 12.6. The molecule has 25 heavy (non-hydrogen) atoms. The van der Waals surface area contributed by atoms with E-state index in [1.54, 1.807) is 4.90 Å². The molecule has 1 saturated heterocycles. The lowest BCUT2D eigenvalue weighted by Crippen LogP contribution is -2.51. The molecular formula is C20H29NO4. The molecule has 1 aliphatic rings. The van der Waals surface area contributed by atoms with Crippen LogP contribution in [-0.2, 0) is 20.7 Å². The highest BCUT2D eigenvalue weighted by molar-refractivity contribution is 5.75. The van der Waals surface area contributed by atoms with E-state index in [1.165, 1.54) is 7.11 Å². The van der Waals surface area contributed by atoms with E-state index in [2.05, 4.69) is 0 Å². The molecule has 2 rings (SSSR count). The van der Waals surface area contributed by atoms with E-state index in [4.69, 9.17) is 9.47 Å². The van der Waals surface area contributed by atoms with Crippen molar-refractivity contribution in [1.82, 2.24) is 4.90 Å². The molecule has 0 aromatic heterocycles. The molecular weight excluding hydrogens is 318 g/mol. The number of carbonyl (C=O) groups is 2. The van der Waals surface area contributed by atoms with Gasteiger partial charge in [-0.2, -0.15) is 0 Å². The second-order valence-electron chi connectivity index (χ2n) is 7.56. The number of hydrogen-bond acceptors (Lipinski definition) is 4. The summed E-state index contributed by atoms with van der Waals surface area (Å²) < 4.78 is 10.6. The van der Waals surface area contributed by atoms with Gasteiger partial charge in [-0.3, -0.25) is 4.79 Å². The lowest BCUT2D eigenvalue weighted by Gasteiger charge is -2.39. The van der Waals surface area contributed by atoms with Gasteiger partial charge in [-0.1, -0.05) is 30.3 Å². The zero-order chi connectivity index (χ0) is 18.4. The average molecular weight is 347 g/mol. The number of ether oxygens (including phenoxy) is 2. The van der Waals surface area contributed by atoms with E-state index in [9.17, 15) is 9.59 Å². The maximum atomic E-state index is 12.6. The number of carbonyl (C=O) groups excluding carboxylic acids is 2. The first kappa shape index (κ1) is 19.3. The molecule has 0 aliphatic carbocycles. The fourth-order valence-corrected chi connectivity index (χ4v) is 3.32. The summed E-state index contributed by atoms with van der Waals surface area (Å²) in [6.45, 7) is 6.17. The number of esters is 1. The molecule has 5 heteroatoms. The normalized spacial score (nSPS) is 19.2. The molecule has 1 aromatic carbocycles. The zero-order valence-electron chi connectivity index (χ0n) is 15.7. The first-order valence-corrected chi connectivity index (χ1v) is 8.93. The number of hydrogen-bond donors (Lipinski definition) is 0. The number of rotatable bonds is 4. The van der Waals surface area contributed by atoms with Gasteiger partial charge in [-0.25, -0.2) is 4.79 Å². The van der Waals surface area contributed by atoms with Crippen molar-refractivity contribution in [2.24, 2.45) is 5.92 Å². The molecule has 138 valence electrons. The molecule has 5 nitrogen and oxygen atoms in total. The summed E-state index contributed by atoms with van der Waals surface area (Å²) in [5.74, 6) is -0.662. The van der Waals surface area contributed by atoms with Crippen molar-refractivity contribution in [3.05, 3.63) is 35.9 Å². The zero-order valence-corrected chi connectivity index (χ0v) is 15.7. The van der Waals surface area contributed by atoms with E-state index in [1.807, 2.05) is 51.1 Å². The van der Waals surface area contributed by atoms with E-state index in [-0.39, 0.29) is 24.0 Å². The van der Waals surface area contributed by atoms with Crippen LogP contribution in [0.25, 0.3) is 0 Å². The number of likely N-dealkylation sites (tertiary alicyclic amines) is 1. The molecule has 0 N–H and O–H groups in total. The summed E-state index contributed by atoms with van der Waals surface area (Å²) in [6.07, 6.45) is 2.91. The Balaban J connectivity index is 2.22. The van der Waals surface area contributed by atoms with Crippen molar-refractivity contribution in [2.75, 3.05) is 13.7 Å². The van der Waals surface area contributed by atoms with Crippen molar-refractivity contribution in [3.8, 4) is 0 Å². The van der Waals surface area contributed by atoms with Gasteiger partial charge in [0.2, 0.25) is 0 Å². The Bertz CT molecular complexity index is 579. The van der Waals surface area contributed by atoms with Gasteiger partial charge in [-0.15, -0.1) is 0 Å². The Kier molecular flexibility index (Phi) is 6.45. The van der Waals surface area contributed by atoms with Crippen LogP contribution in [0.1, 0.15) is 45.6 Å².